The van der Waals surface area contributed by atoms with Gasteiger partial charge in [0.1, 0.15) is 17.6 Å². The van der Waals surface area contributed by atoms with E-state index >= 15 is 0 Å². The number of ether oxygens (including phenoxy) is 3. The first-order chi connectivity index (χ1) is 15.8. The van der Waals surface area contributed by atoms with E-state index < -0.39 is 0 Å². The van der Waals surface area contributed by atoms with Gasteiger partial charge in [0, 0.05) is 23.1 Å². The maximum Gasteiger partial charge on any atom is 0.407 e. The first-order valence-corrected chi connectivity index (χ1v) is 12.0. The van der Waals surface area contributed by atoms with Crippen LogP contribution in [0.25, 0.3) is 11.1 Å². The number of rotatable bonds is 4. The Morgan fingerprint density at radius 3 is 2.64 bits per heavy atom. The molecule has 2 aromatic rings. The van der Waals surface area contributed by atoms with Crippen LogP contribution in [-0.4, -0.2) is 50.4 Å². The summed E-state index contributed by atoms with van der Waals surface area (Å²) in [6, 6.07) is 11.4. The molecule has 4 aliphatic heterocycles. The molecule has 2 atom stereocenters. The Bertz CT molecular complexity index is 1050. The second-order valence-corrected chi connectivity index (χ2v) is 10.4. The van der Waals surface area contributed by atoms with Crippen LogP contribution in [0.15, 0.2) is 36.4 Å². The van der Waals surface area contributed by atoms with Gasteiger partial charge in [0.25, 0.3) is 0 Å². The van der Waals surface area contributed by atoms with Crippen LogP contribution < -0.4 is 14.8 Å². The van der Waals surface area contributed by atoms with Crippen LogP contribution in [0.3, 0.4) is 0 Å². The summed E-state index contributed by atoms with van der Waals surface area (Å²) in [7, 11) is 1.62. The normalized spacial score (nSPS) is 27.3. The van der Waals surface area contributed by atoms with E-state index in [-0.39, 0.29) is 23.7 Å². The molecule has 4 heterocycles. The van der Waals surface area contributed by atoms with Crippen molar-refractivity contribution in [2.24, 2.45) is 11.3 Å². The zero-order valence-electron chi connectivity index (χ0n) is 19.4. The molecule has 0 saturated carbocycles. The van der Waals surface area contributed by atoms with Crippen molar-refractivity contribution in [3.8, 4) is 22.6 Å². The van der Waals surface area contributed by atoms with E-state index in [9.17, 15) is 4.79 Å². The molecule has 2 bridgehead atoms. The number of piperidine rings is 3. The molecule has 3 fully saturated rings. The molecule has 6 rings (SSSR count). The van der Waals surface area contributed by atoms with Gasteiger partial charge in [-0.3, -0.25) is 4.90 Å². The number of hydrogen-bond acceptors (Lipinski definition) is 5. The number of carbonyl (C=O) groups excluding carboxylic acids is 1. The third-order valence-corrected chi connectivity index (χ3v) is 7.62. The van der Waals surface area contributed by atoms with Crippen molar-refractivity contribution in [1.29, 1.82) is 0 Å². The molecule has 1 unspecified atom stereocenters. The average molecular weight is 471 g/mol. The van der Waals surface area contributed by atoms with Crippen molar-refractivity contribution < 1.29 is 19.0 Å². The van der Waals surface area contributed by atoms with Gasteiger partial charge in [-0.1, -0.05) is 37.6 Å². The van der Waals surface area contributed by atoms with Gasteiger partial charge in [-0.15, -0.1) is 0 Å². The Hall–Kier alpha value is -2.44. The number of benzene rings is 2. The first-order valence-electron chi connectivity index (χ1n) is 11.6. The molecule has 1 amide bonds. The standard InChI is InChI=1S/C26H31ClN2O4/c1-26(2)15-32-22-12-17(19-7-5-18(31-3)13-21(19)27)4-6-20(22)24(26)28-25(30)33-23-14-29-10-8-16(23)9-11-29/h4-7,12-13,16,23-24H,8-11,14-15H2,1-3H3,(H,28,30)/t23-,24?/m1/s1. The fourth-order valence-electron chi connectivity index (χ4n) is 5.30. The lowest BCUT2D eigenvalue weighted by atomic mass is 9.78. The van der Waals surface area contributed by atoms with Gasteiger partial charge >= 0.3 is 6.09 Å². The Labute approximate surface area is 200 Å². The van der Waals surface area contributed by atoms with Gasteiger partial charge in [-0.25, -0.2) is 4.79 Å². The van der Waals surface area contributed by atoms with Crippen molar-refractivity contribution in [2.45, 2.75) is 38.8 Å². The Kier molecular flexibility index (Phi) is 5.91. The monoisotopic (exact) mass is 470 g/mol. The number of nitrogens with zero attached hydrogens (tertiary/aromatic N) is 1. The lowest BCUT2D eigenvalue weighted by molar-refractivity contribution is -0.0361. The van der Waals surface area contributed by atoms with Crippen LogP contribution in [-0.2, 0) is 4.74 Å². The van der Waals surface area contributed by atoms with Crippen LogP contribution in [0, 0.1) is 11.3 Å². The van der Waals surface area contributed by atoms with Crippen LogP contribution >= 0.6 is 11.6 Å². The fraction of sp³-hybridized carbons (Fsp3) is 0.500. The Morgan fingerprint density at radius 2 is 1.97 bits per heavy atom. The highest BCUT2D eigenvalue weighted by Crippen LogP contribution is 2.45. The largest absolute Gasteiger partial charge is 0.497 e. The van der Waals surface area contributed by atoms with Crippen LogP contribution in [0.4, 0.5) is 4.79 Å². The van der Waals surface area contributed by atoms with E-state index in [2.05, 4.69) is 24.1 Å². The molecular weight excluding hydrogens is 440 g/mol. The lowest BCUT2D eigenvalue weighted by Crippen LogP contribution is -2.53. The second-order valence-electron chi connectivity index (χ2n) is 10.0. The molecular formula is C26H31ClN2O4. The molecule has 0 spiro atoms. The minimum absolute atomic E-state index is 0.0190. The summed E-state index contributed by atoms with van der Waals surface area (Å²) in [5.41, 5.74) is 2.53. The topological polar surface area (TPSA) is 60.0 Å². The summed E-state index contributed by atoms with van der Waals surface area (Å²) in [6.45, 7) is 7.77. The quantitative estimate of drug-likeness (QED) is 0.657. The number of carbonyl (C=O) groups is 1. The highest BCUT2D eigenvalue weighted by Gasteiger charge is 2.41. The number of amides is 1. The van der Waals surface area contributed by atoms with Crippen molar-refractivity contribution in [3.63, 3.8) is 0 Å². The SMILES string of the molecule is COc1ccc(-c2ccc3c(c2)OCC(C)(C)C3NC(=O)O[C@@H]2CN3CCC2CC3)c(Cl)c1. The maximum absolute atomic E-state index is 12.9. The number of halogens is 1. The van der Waals surface area contributed by atoms with Crippen LogP contribution in [0.1, 0.15) is 38.3 Å². The van der Waals surface area contributed by atoms with Gasteiger partial charge in [0.2, 0.25) is 0 Å². The molecule has 0 aliphatic carbocycles. The predicted octanol–water partition coefficient (Wildman–Crippen LogP) is 5.30. The molecule has 3 saturated heterocycles. The Morgan fingerprint density at radius 1 is 1.18 bits per heavy atom. The predicted molar refractivity (Wildman–Crippen MR) is 128 cm³/mol. The molecule has 7 heteroatoms. The van der Waals surface area contributed by atoms with E-state index in [4.69, 9.17) is 25.8 Å². The summed E-state index contributed by atoms with van der Waals surface area (Å²) in [6.07, 6.45) is 1.86. The summed E-state index contributed by atoms with van der Waals surface area (Å²) in [5, 5.41) is 3.77. The van der Waals surface area contributed by atoms with Gasteiger partial charge in [-0.2, -0.15) is 0 Å². The van der Waals surface area contributed by atoms with Gasteiger partial charge in [-0.05, 0) is 61.7 Å². The van der Waals surface area contributed by atoms with Crippen LogP contribution in [0.2, 0.25) is 5.02 Å². The van der Waals surface area contributed by atoms with Crippen molar-refractivity contribution >= 4 is 17.7 Å². The van der Waals surface area contributed by atoms with E-state index in [0.29, 0.717) is 23.3 Å². The number of fused-ring (bicyclic) bond motifs is 4. The highest BCUT2D eigenvalue weighted by atomic mass is 35.5. The number of hydrogen-bond donors (Lipinski definition) is 1. The first kappa shape index (κ1) is 22.4. The fourth-order valence-corrected chi connectivity index (χ4v) is 5.58. The smallest absolute Gasteiger partial charge is 0.407 e. The molecule has 4 aliphatic rings. The van der Waals surface area contributed by atoms with Crippen molar-refractivity contribution in [3.05, 3.63) is 47.0 Å². The van der Waals surface area contributed by atoms with Gasteiger partial charge in [0.05, 0.1) is 24.8 Å². The van der Waals surface area contributed by atoms with Gasteiger partial charge in [0.15, 0.2) is 0 Å². The second kappa shape index (κ2) is 8.73. The Balaban J connectivity index is 1.36. The number of methoxy groups -OCH3 is 1. The zero-order chi connectivity index (χ0) is 23.2. The van der Waals surface area contributed by atoms with E-state index in [1.807, 2.05) is 30.3 Å². The summed E-state index contributed by atoms with van der Waals surface area (Å²) < 4.78 is 17.3. The maximum atomic E-state index is 12.9. The van der Waals surface area contributed by atoms with E-state index in [0.717, 1.165) is 54.9 Å². The molecule has 33 heavy (non-hydrogen) atoms. The van der Waals surface area contributed by atoms with E-state index in [1.165, 1.54) is 0 Å². The molecule has 6 nitrogen and oxygen atoms in total. The molecule has 2 aromatic carbocycles. The summed E-state index contributed by atoms with van der Waals surface area (Å²) >= 11 is 6.49. The molecule has 176 valence electrons. The van der Waals surface area contributed by atoms with Gasteiger partial charge < -0.3 is 19.5 Å². The highest BCUT2D eigenvalue weighted by molar-refractivity contribution is 6.33. The van der Waals surface area contributed by atoms with Crippen molar-refractivity contribution in [2.75, 3.05) is 33.4 Å². The lowest BCUT2D eigenvalue weighted by Gasteiger charge is -2.44. The molecule has 1 N–H and O–H groups in total. The third-order valence-electron chi connectivity index (χ3n) is 7.31. The van der Waals surface area contributed by atoms with Crippen molar-refractivity contribution in [1.82, 2.24) is 10.2 Å². The zero-order valence-corrected chi connectivity index (χ0v) is 20.2. The molecule has 0 radical (unpaired) electrons. The minimum atomic E-state index is -0.345. The molecule has 0 aromatic heterocycles. The summed E-state index contributed by atoms with van der Waals surface area (Å²) in [4.78, 5) is 15.3. The number of nitrogens with one attached hydrogen (secondary N) is 1. The average Bonchev–Trinajstić information content (AvgIpc) is 2.81. The third kappa shape index (κ3) is 4.38. The van der Waals surface area contributed by atoms with E-state index in [1.54, 1.807) is 13.2 Å². The van der Waals surface area contributed by atoms with Crippen LogP contribution in [0.5, 0.6) is 11.5 Å². The number of alkyl carbamates (subject to hydrolysis) is 1. The summed E-state index contributed by atoms with van der Waals surface area (Å²) in [5.74, 6) is 1.95. The minimum Gasteiger partial charge on any atom is -0.497 e.